The van der Waals surface area contributed by atoms with Gasteiger partial charge in [0.2, 0.25) is 0 Å². The molecule has 1 fully saturated rings. The molecule has 4 nitrogen and oxygen atoms in total. The number of aromatic nitrogens is 2. The summed E-state index contributed by atoms with van der Waals surface area (Å²) >= 11 is 0. The van der Waals surface area contributed by atoms with Crippen molar-refractivity contribution in [3.63, 3.8) is 0 Å². The van der Waals surface area contributed by atoms with Gasteiger partial charge in [0.1, 0.15) is 0 Å². The van der Waals surface area contributed by atoms with Crippen molar-refractivity contribution in [2.24, 2.45) is 18.7 Å². The predicted molar refractivity (Wildman–Crippen MR) is 65.1 cm³/mol. The zero-order valence-electron chi connectivity index (χ0n) is 10.3. The lowest BCUT2D eigenvalue weighted by Gasteiger charge is -2.20. The maximum atomic E-state index is 5.73. The molecule has 2 rings (SSSR count). The van der Waals surface area contributed by atoms with Gasteiger partial charge in [-0.15, -0.1) is 0 Å². The second-order valence-electron chi connectivity index (χ2n) is 4.95. The van der Waals surface area contributed by atoms with E-state index in [1.54, 1.807) is 0 Å². The third-order valence-corrected chi connectivity index (χ3v) is 3.57. The molecule has 2 heterocycles. The predicted octanol–water partition coefficient (Wildman–Crippen LogP) is 0.632. The van der Waals surface area contributed by atoms with Crippen LogP contribution in [-0.2, 0) is 13.5 Å². The number of hydrogen-bond donors (Lipinski definition) is 1. The van der Waals surface area contributed by atoms with Crippen molar-refractivity contribution < 1.29 is 0 Å². The number of likely N-dealkylation sites (tertiary alicyclic amines) is 1. The molecule has 2 unspecified atom stereocenters. The molecule has 1 aliphatic heterocycles. The molecule has 2 N–H and O–H groups in total. The van der Waals surface area contributed by atoms with Crippen molar-refractivity contribution in [3.8, 4) is 0 Å². The van der Waals surface area contributed by atoms with Crippen molar-refractivity contribution >= 4 is 0 Å². The highest BCUT2D eigenvalue weighted by Crippen LogP contribution is 2.22. The first kappa shape index (κ1) is 11.6. The summed E-state index contributed by atoms with van der Waals surface area (Å²) in [6.45, 7) is 5.42. The van der Waals surface area contributed by atoms with E-state index < -0.39 is 0 Å². The first-order valence-corrected chi connectivity index (χ1v) is 6.10. The Balaban J connectivity index is 1.82. The first-order chi connectivity index (χ1) is 7.69. The van der Waals surface area contributed by atoms with Crippen LogP contribution in [0.25, 0.3) is 0 Å². The van der Waals surface area contributed by atoms with Crippen molar-refractivity contribution in [1.82, 2.24) is 14.7 Å². The molecule has 0 amide bonds. The lowest BCUT2D eigenvalue weighted by atomic mass is 10.1. The maximum Gasteiger partial charge on any atom is 0.0522 e. The molecule has 16 heavy (non-hydrogen) atoms. The lowest BCUT2D eigenvalue weighted by Crippen LogP contribution is -2.29. The standard InChI is InChI=1S/C12H22N4/c1-10-5-12(6-13)9-16(10)4-3-11-7-14-15(2)8-11/h7-8,10,12H,3-6,9,13H2,1-2H3. The number of nitrogens with two attached hydrogens (primary N) is 1. The minimum atomic E-state index is 0.685. The Bertz CT molecular complexity index is 334. The summed E-state index contributed by atoms with van der Waals surface area (Å²) in [5, 5.41) is 4.19. The molecule has 1 aromatic heterocycles. The van der Waals surface area contributed by atoms with Crippen molar-refractivity contribution in [2.45, 2.75) is 25.8 Å². The van der Waals surface area contributed by atoms with Crippen LogP contribution in [-0.4, -0.2) is 40.4 Å². The molecular formula is C12H22N4. The van der Waals surface area contributed by atoms with Crippen molar-refractivity contribution in [3.05, 3.63) is 18.0 Å². The number of rotatable bonds is 4. The zero-order valence-corrected chi connectivity index (χ0v) is 10.3. The zero-order chi connectivity index (χ0) is 11.5. The smallest absolute Gasteiger partial charge is 0.0522 e. The molecule has 2 atom stereocenters. The van der Waals surface area contributed by atoms with E-state index in [0.29, 0.717) is 12.0 Å². The van der Waals surface area contributed by atoms with Gasteiger partial charge in [-0.05, 0) is 37.8 Å². The van der Waals surface area contributed by atoms with E-state index in [1.165, 1.54) is 12.0 Å². The van der Waals surface area contributed by atoms with Gasteiger partial charge in [0.25, 0.3) is 0 Å². The van der Waals surface area contributed by atoms with E-state index in [1.807, 2.05) is 17.9 Å². The van der Waals surface area contributed by atoms with Crippen LogP contribution in [0.15, 0.2) is 12.4 Å². The van der Waals surface area contributed by atoms with E-state index in [0.717, 1.165) is 26.1 Å². The molecule has 4 heteroatoms. The molecular weight excluding hydrogens is 200 g/mol. The fraction of sp³-hybridized carbons (Fsp3) is 0.750. The number of nitrogens with zero attached hydrogens (tertiary/aromatic N) is 3. The molecule has 0 saturated carbocycles. The molecule has 0 aromatic carbocycles. The van der Waals surface area contributed by atoms with Gasteiger partial charge in [-0.25, -0.2) is 0 Å². The molecule has 1 aromatic rings. The van der Waals surface area contributed by atoms with Gasteiger partial charge < -0.3 is 5.73 Å². The van der Waals surface area contributed by atoms with Crippen molar-refractivity contribution in [1.29, 1.82) is 0 Å². The summed E-state index contributed by atoms with van der Waals surface area (Å²) in [5.41, 5.74) is 7.05. The number of aryl methyl sites for hydroxylation is 1. The Morgan fingerprint density at radius 1 is 1.56 bits per heavy atom. The Kier molecular flexibility index (Phi) is 3.61. The quantitative estimate of drug-likeness (QED) is 0.813. The van der Waals surface area contributed by atoms with Gasteiger partial charge in [-0.1, -0.05) is 0 Å². The average Bonchev–Trinajstić information content (AvgIpc) is 2.82. The first-order valence-electron chi connectivity index (χ1n) is 6.10. The minimum absolute atomic E-state index is 0.685. The van der Waals surface area contributed by atoms with Gasteiger partial charge in [0.05, 0.1) is 6.20 Å². The van der Waals surface area contributed by atoms with Crippen LogP contribution >= 0.6 is 0 Å². The van der Waals surface area contributed by atoms with E-state index >= 15 is 0 Å². The largest absolute Gasteiger partial charge is 0.330 e. The fourth-order valence-corrected chi connectivity index (χ4v) is 2.57. The third-order valence-electron chi connectivity index (χ3n) is 3.57. The van der Waals surface area contributed by atoms with E-state index in [4.69, 9.17) is 5.73 Å². The highest BCUT2D eigenvalue weighted by atomic mass is 15.2. The number of hydrogen-bond acceptors (Lipinski definition) is 3. The highest BCUT2D eigenvalue weighted by molar-refractivity contribution is 5.04. The van der Waals surface area contributed by atoms with E-state index in [-0.39, 0.29) is 0 Å². The van der Waals surface area contributed by atoms with Gasteiger partial charge in [-0.2, -0.15) is 5.10 Å². The summed E-state index contributed by atoms with van der Waals surface area (Å²) in [5.74, 6) is 0.698. The van der Waals surface area contributed by atoms with Crippen LogP contribution in [0, 0.1) is 5.92 Å². The molecule has 1 saturated heterocycles. The van der Waals surface area contributed by atoms with Crippen LogP contribution in [0.3, 0.4) is 0 Å². The molecule has 0 spiro atoms. The normalized spacial score (nSPS) is 26.4. The van der Waals surface area contributed by atoms with Crippen LogP contribution in [0.1, 0.15) is 18.9 Å². The van der Waals surface area contributed by atoms with Crippen LogP contribution in [0.2, 0.25) is 0 Å². The Morgan fingerprint density at radius 2 is 2.38 bits per heavy atom. The lowest BCUT2D eigenvalue weighted by molar-refractivity contribution is 0.268. The second-order valence-corrected chi connectivity index (χ2v) is 4.95. The molecule has 90 valence electrons. The molecule has 1 aliphatic rings. The third kappa shape index (κ3) is 2.62. The molecule has 0 aliphatic carbocycles. The van der Waals surface area contributed by atoms with E-state index in [9.17, 15) is 0 Å². The average molecular weight is 222 g/mol. The Labute approximate surface area is 97.4 Å². The van der Waals surface area contributed by atoms with Gasteiger partial charge in [0, 0.05) is 32.4 Å². The summed E-state index contributed by atoms with van der Waals surface area (Å²) in [4.78, 5) is 2.55. The Hall–Kier alpha value is -0.870. The van der Waals surface area contributed by atoms with Crippen LogP contribution in [0.5, 0.6) is 0 Å². The van der Waals surface area contributed by atoms with E-state index in [2.05, 4.69) is 23.1 Å². The van der Waals surface area contributed by atoms with Crippen molar-refractivity contribution in [2.75, 3.05) is 19.6 Å². The maximum absolute atomic E-state index is 5.73. The summed E-state index contributed by atoms with van der Waals surface area (Å²) < 4.78 is 1.87. The topological polar surface area (TPSA) is 47.1 Å². The van der Waals surface area contributed by atoms with Gasteiger partial charge in [0.15, 0.2) is 0 Å². The summed E-state index contributed by atoms with van der Waals surface area (Å²) in [7, 11) is 1.96. The van der Waals surface area contributed by atoms with Gasteiger partial charge >= 0.3 is 0 Å². The van der Waals surface area contributed by atoms with Crippen LogP contribution in [0.4, 0.5) is 0 Å². The van der Waals surface area contributed by atoms with Gasteiger partial charge in [-0.3, -0.25) is 9.58 Å². The minimum Gasteiger partial charge on any atom is -0.330 e. The molecule has 0 radical (unpaired) electrons. The second kappa shape index (κ2) is 4.97. The fourth-order valence-electron chi connectivity index (χ4n) is 2.57. The molecule has 0 bridgehead atoms. The van der Waals surface area contributed by atoms with Crippen LogP contribution < -0.4 is 5.73 Å². The monoisotopic (exact) mass is 222 g/mol. The SMILES string of the molecule is CC1CC(CN)CN1CCc1cnn(C)c1. The highest BCUT2D eigenvalue weighted by Gasteiger charge is 2.27. The summed E-state index contributed by atoms with van der Waals surface area (Å²) in [6, 6.07) is 0.685. The Morgan fingerprint density at radius 3 is 2.94 bits per heavy atom. The summed E-state index contributed by atoms with van der Waals surface area (Å²) in [6.07, 6.45) is 6.40.